The van der Waals surface area contributed by atoms with Gasteiger partial charge in [0.15, 0.2) is 0 Å². The number of hydrogen-bond acceptors (Lipinski definition) is 2. The van der Waals surface area contributed by atoms with E-state index in [4.69, 9.17) is 0 Å². The number of imide groups is 1. The third-order valence-corrected chi connectivity index (χ3v) is 19.3. The van der Waals surface area contributed by atoms with Gasteiger partial charge in [-0.05, 0) is 0 Å². The standard InChI is InChI=1S/C34H42GeN2O2/c38-33(37(32-24-14-5-15-25-32)34(39)36-31-22-12-4-13-23-31)26-27-35(28-16-6-1-7-17-28,29-18-8-2-9-19-29)30-20-10-3-11-21-30/h1-3,6-11,16-21,31-32H,4-5,12-15,22-27H2,(H,36,39). The van der Waals surface area contributed by atoms with Crippen LogP contribution in [0.4, 0.5) is 4.79 Å². The van der Waals surface area contributed by atoms with Gasteiger partial charge in [-0.2, -0.15) is 0 Å². The van der Waals surface area contributed by atoms with E-state index in [-0.39, 0.29) is 24.0 Å². The average molecular weight is 583 g/mol. The normalized spacial score (nSPS) is 16.9. The van der Waals surface area contributed by atoms with E-state index >= 15 is 0 Å². The molecule has 5 rings (SSSR count). The van der Waals surface area contributed by atoms with Crippen LogP contribution < -0.4 is 18.5 Å². The van der Waals surface area contributed by atoms with Crippen LogP contribution in [0.3, 0.4) is 0 Å². The predicted octanol–water partition coefficient (Wildman–Crippen LogP) is 5.75. The summed E-state index contributed by atoms with van der Waals surface area (Å²) in [5, 5.41) is 4.05. The van der Waals surface area contributed by atoms with Gasteiger partial charge >= 0.3 is 237 Å². The van der Waals surface area contributed by atoms with Gasteiger partial charge in [-0.15, -0.1) is 0 Å². The maximum absolute atomic E-state index is 14.2. The van der Waals surface area contributed by atoms with Crippen molar-refractivity contribution in [3.05, 3.63) is 91.0 Å². The summed E-state index contributed by atoms with van der Waals surface area (Å²) in [7, 11) is 0. The first-order valence-corrected chi connectivity index (χ1v) is 19.6. The molecule has 2 aliphatic rings. The van der Waals surface area contributed by atoms with Crippen molar-refractivity contribution in [1.82, 2.24) is 10.2 Å². The quantitative estimate of drug-likeness (QED) is 0.344. The van der Waals surface area contributed by atoms with Crippen molar-refractivity contribution in [2.24, 2.45) is 0 Å². The number of amides is 3. The molecule has 5 heteroatoms. The Morgan fingerprint density at radius 2 is 1.08 bits per heavy atom. The molecule has 0 spiro atoms. The molecule has 3 aromatic carbocycles. The fraction of sp³-hybridized carbons (Fsp3) is 0.412. The summed E-state index contributed by atoms with van der Waals surface area (Å²) in [6.07, 6.45) is 11.2. The van der Waals surface area contributed by atoms with Crippen LogP contribution in [0.25, 0.3) is 0 Å². The summed E-state index contributed by atoms with van der Waals surface area (Å²) >= 11 is -3.25. The zero-order valence-corrected chi connectivity index (χ0v) is 25.2. The second-order valence-electron chi connectivity index (χ2n) is 11.3. The molecule has 0 aromatic heterocycles. The minimum absolute atomic E-state index is 0.00648. The van der Waals surface area contributed by atoms with Crippen LogP contribution in [-0.2, 0) is 4.79 Å². The van der Waals surface area contributed by atoms with Gasteiger partial charge in [0.25, 0.3) is 0 Å². The third kappa shape index (κ3) is 6.49. The third-order valence-electron chi connectivity index (χ3n) is 8.87. The molecule has 1 N–H and O–H groups in total. The van der Waals surface area contributed by atoms with Crippen LogP contribution in [-0.4, -0.2) is 42.2 Å². The number of hydrogen-bond donors (Lipinski definition) is 1. The molecule has 2 saturated carbocycles. The van der Waals surface area contributed by atoms with E-state index in [1.807, 2.05) is 0 Å². The number of nitrogens with zero attached hydrogens (tertiary/aromatic N) is 1. The van der Waals surface area contributed by atoms with Crippen LogP contribution in [0, 0.1) is 0 Å². The summed E-state index contributed by atoms with van der Waals surface area (Å²) in [6, 6.07) is 32.5. The molecule has 2 fully saturated rings. The second-order valence-corrected chi connectivity index (χ2v) is 19.8. The molecule has 3 amide bonds. The van der Waals surface area contributed by atoms with E-state index in [2.05, 4.69) is 96.3 Å². The van der Waals surface area contributed by atoms with E-state index in [1.54, 1.807) is 4.90 Å². The molecule has 0 bridgehead atoms. The summed E-state index contributed by atoms with van der Waals surface area (Å²) < 4.78 is 4.04. The molecule has 0 heterocycles. The van der Waals surface area contributed by atoms with E-state index in [9.17, 15) is 9.59 Å². The number of benzene rings is 3. The maximum atomic E-state index is 14.2. The van der Waals surface area contributed by atoms with Gasteiger partial charge in [0.1, 0.15) is 0 Å². The molecule has 4 nitrogen and oxygen atoms in total. The summed E-state index contributed by atoms with van der Waals surface area (Å²) in [5.74, 6) is -0.00648. The summed E-state index contributed by atoms with van der Waals surface area (Å²) in [5.41, 5.74) is 0. The number of nitrogens with one attached hydrogen (secondary N) is 1. The molecule has 0 atom stereocenters. The molecular formula is C34H42GeN2O2. The second kappa shape index (κ2) is 13.5. The van der Waals surface area contributed by atoms with E-state index in [0.29, 0.717) is 6.42 Å². The van der Waals surface area contributed by atoms with Crippen LogP contribution in [0.15, 0.2) is 91.0 Å². The molecular weight excluding hydrogens is 541 g/mol. The molecule has 0 radical (unpaired) electrons. The van der Waals surface area contributed by atoms with Crippen LogP contribution in [0.5, 0.6) is 0 Å². The Kier molecular flexibility index (Phi) is 9.57. The Morgan fingerprint density at radius 3 is 1.54 bits per heavy atom. The van der Waals surface area contributed by atoms with Gasteiger partial charge in [-0.25, -0.2) is 0 Å². The summed E-state index contributed by atoms with van der Waals surface area (Å²) in [4.78, 5) is 29.5. The molecule has 0 saturated heterocycles. The Labute approximate surface area is 236 Å². The van der Waals surface area contributed by atoms with Crippen molar-refractivity contribution < 1.29 is 9.59 Å². The fourth-order valence-electron chi connectivity index (χ4n) is 6.83. The van der Waals surface area contributed by atoms with Gasteiger partial charge in [0.2, 0.25) is 0 Å². The van der Waals surface area contributed by atoms with Gasteiger partial charge in [-0.3, -0.25) is 0 Å². The first-order valence-electron chi connectivity index (χ1n) is 15.0. The van der Waals surface area contributed by atoms with E-state index < -0.39 is 13.3 Å². The first kappa shape index (κ1) is 27.7. The topological polar surface area (TPSA) is 49.4 Å². The first-order chi connectivity index (χ1) is 19.2. The van der Waals surface area contributed by atoms with Crippen LogP contribution >= 0.6 is 0 Å². The van der Waals surface area contributed by atoms with Crippen molar-refractivity contribution in [3.8, 4) is 0 Å². The van der Waals surface area contributed by atoms with Crippen LogP contribution in [0.1, 0.15) is 70.6 Å². The number of rotatable bonds is 8. The van der Waals surface area contributed by atoms with Crippen molar-refractivity contribution in [2.45, 2.75) is 88.0 Å². The summed E-state index contributed by atoms with van der Waals surface area (Å²) in [6.45, 7) is 0. The fourth-order valence-corrected chi connectivity index (χ4v) is 16.8. The number of carbonyl (C=O) groups excluding carboxylic acids is 2. The SMILES string of the molecule is O=C(C[CH2][Ge]([c]1ccccc1)([c]1ccccc1)[c]1ccccc1)N(C(=O)NC1CCCCC1)C1CCCCC1. The van der Waals surface area contributed by atoms with E-state index in [0.717, 1.165) is 56.6 Å². The van der Waals surface area contributed by atoms with Crippen molar-refractivity contribution in [2.75, 3.05) is 0 Å². The van der Waals surface area contributed by atoms with Gasteiger partial charge in [0, 0.05) is 0 Å². The molecule has 0 aliphatic heterocycles. The molecule has 39 heavy (non-hydrogen) atoms. The van der Waals surface area contributed by atoms with Gasteiger partial charge in [-0.1, -0.05) is 0 Å². The van der Waals surface area contributed by atoms with Crippen LogP contribution in [0.2, 0.25) is 5.25 Å². The number of urea groups is 1. The van der Waals surface area contributed by atoms with Crippen molar-refractivity contribution in [1.29, 1.82) is 0 Å². The molecule has 204 valence electrons. The molecule has 0 unspecified atom stereocenters. The van der Waals surface area contributed by atoms with Gasteiger partial charge < -0.3 is 0 Å². The molecule has 2 aliphatic carbocycles. The average Bonchev–Trinajstić information content (AvgIpc) is 3.00. The number of carbonyl (C=O) groups is 2. The molecule has 3 aromatic rings. The van der Waals surface area contributed by atoms with Crippen molar-refractivity contribution >= 4 is 38.4 Å². The Hall–Kier alpha value is -2.86. The van der Waals surface area contributed by atoms with E-state index in [1.165, 1.54) is 26.0 Å². The predicted molar refractivity (Wildman–Crippen MR) is 163 cm³/mol. The van der Waals surface area contributed by atoms with Gasteiger partial charge in [0.05, 0.1) is 0 Å². The Bertz CT molecular complexity index is 1090. The Morgan fingerprint density at radius 1 is 0.641 bits per heavy atom. The zero-order valence-electron chi connectivity index (χ0n) is 23.1. The monoisotopic (exact) mass is 584 g/mol. The minimum atomic E-state index is -3.25. The van der Waals surface area contributed by atoms with Crippen molar-refractivity contribution in [3.63, 3.8) is 0 Å². The zero-order chi connectivity index (χ0) is 26.9. The Balaban J connectivity index is 1.47.